The normalized spacial score (nSPS) is 11.2. The Balaban J connectivity index is 1.46. The van der Waals surface area contributed by atoms with E-state index in [-0.39, 0.29) is 24.0 Å². The number of carbonyl (C=O) groups excluding carboxylic acids is 2. The summed E-state index contributed by atoms with van der Waals surface area (Å²) in [4.78, 5) is 30.6. The van der Waals surface area contributed by atoms with Gasteiger partial charge in [-0.25, -0.2) is 0 Å². The van der Waals surface area contributed by atoms with Crippen molar-refractivity contribution in [2.45, 2.75) is 13.5 Å². The van der Waals surface area contributed by atoms with E-state index in [9.17, 15) is 9.59 Å². The lowest BCUT2D eigenvalue weighted by atomic mass is 10.1. The van der Waals surface area contributed by atoms with E-state index in [1.807, 2.05) is 54.8 Å². The molecule has 2 heterocycles. The van der Waals surface area contributed by atoms with Crippen LogP contribution in [0.15, 0.2) is 82.3 Å². The fourth-order valence-corrected chi connectivity index (χ4v) is 3.51. The summed E-state index contributed by atoms with van der Waals surface area (Å²) in [5, 5.41) is 11.3. The minimum absolute atomic E-state index is 0.0285. The summed E-state index contributed by atoms with van der Waals surface area (Å²) >= 11 is 1.46. The average molecular weight is 445 g/mol. The van der Waals surface area contributed by atoms with Gasteiger partial charge in [-0.1, -0.05) is 59.3 Å². The molecule has 4 rings (SSSR count). The monoisotopic (exact) mass is 444 g/mol. The molecular formula is C24H20N4O3S. The molecule has 160 valence electrons. The van der Waals surface area contributed by atoms with Gasteiger partial charge in [-0.05, 0) is 36.6 Å². The SMILES string of the molecule is Cc1ccc(-c2noc(CNC(=O)/C(=C/c3cccs3)NC(=O)c3ccccc3)n2)cc1. The van der Waals surface area contributed by atoms with Crippen LogP contribution in [0.5, 0.6) is 0 Å². The lowest BCUT2D eigenvalue weighted by molar-refractivity contribution is -0.118. The minimum Gasteiger partial charge on any atom is -0.342 e. The molecule has 0 saturated heterocycles. The lowest BCUT2D eigenvalue weighted by Crippen LogP contribution is -2.34. The van der Waals surface area contributed by atoms with Crippen molar-refractivity contribution < 1.29 is 14.1 Å². The molecule has 0 spiro atoms. The van der Waals surface area contributed by atoms with Crippen LogP contribution in [0.2, 0.25) is 0 Å². The molecule has 2 N–H and O–H groups in total. The number of rotatable bonds is 7. The average Bonchev–Trinajstić information content (AvgIpc) is 3.50. The number of thiophene rings is 1. The quantitative estimate of drug-likeness (QED) is 0.417. The first-order valence-electron chi connectivity index (χ1n) is 9.88. The van der Waals surface area contributed by atoms with Crippen LogP contribution in [-0.2, 0) is 11.3 Å². The van der Waals surface area contributed by atoms with Gasteiger partial charge in [0.05, 0.1) is 6.54 Å². The Morgan fingerprint density at radius 3 is 2.53 bits per heavy atom. The summed E-state index contributed by atoms with van der Waals surface area (Å²) < 4.78 is 5.26. The Hall–Kier alpha value is -4.04. The van der Waals surface area contributed by atoms with Crippen LogP contribution in [0.3, 0.4) is 0 Å². The molecule has 2 aromatic carbocycles. The lowest BCUT2D eigenvalue weighted by Gasteiger charge is -2.10. The van der Waals surface area contributed by atoms with Gasteiger partial charge in [-0.3, -0.25) is 9.59 Å². The number of benzene rings is 2. The number of amides is 2. The number of hydrogen-bond acceptors (Lipinski definition) is 6. The van der Waals surface area contributed by atoms with Crippen molar-refractivity contribution in [2.75, 3.05) is 0 Å². The molecule has 0 aliphatic heterocycles. The van der Waals surface area contributed by atoms with E-state index >= 15 is 0 Å². The molecule has 0 radical (unpaired) electrons. The molecule has 0 fully saturated rings. The summed E-state index contributed by atoms with van der Waals surface area (Å²) in [6.07, 6.45) is 1.63. The predicted molar refractivity (Wildman–Crippen MR) is 123 cm³/mol. The Bertz CT molecular complexity index is 1230. The van der Waals surface area contributed by atoms with Gasteiger partial charge in [0.2, 0.25) is 11.7 Å². The molecular weight excluding hydrogens is 424 g/mol. The highest BCUT2D eigenvalue weighted by Crippen LogP contribution is 2.17. The number of carbonyl (C=O) groups is 2. The number of nitrogens with zero attached hydrogens (tertiary/aromatic N) is 2. The largest absolute Gasteiger partial charge is 0.342 e. The van der Waals surface area contributed by atoms with Gasteiger partial charge in [0.1, 0.15) is 5.70 Å². The van der Waals surface area contributed by atoms with Crippen molar-refractivity contribution in [1.29, 1.82) is 0 Å². The van der Waals surface area contributed by atoms with Crippen molar-refractivity contribution in [2.24, 2.45) is 0 Å². The Kier molecular flexibility index (Phi) is 6.52. The molecule has 2 amide bonds. The Morgan fingerprint density at radius 2 is 1.81 bits per heavy atom. The van der Waals surface area contributed by atoms with Gasteiger partial charge in [0, 0.05) is 16.0 Å². The maximum atomic E-state index is 12.8. The Morgan fingerprint density at radius 1 is 1.03 bits per heavy atom. The number of aryl methyl sites for hydroxylation is 1. The van der Waals surface area contributed by atoms with Gasteiger partial charge in [-0.15, -0.1) is 11.3 Å². The van der Waals surface area contributed by atoms with E-state index in [2.05, 4.69) is 20.8 Å². The second kappa shape index (κ2) is 9.84. The van der Waals surface area contributed by atoms with E-state index in [4.69, 9.17) is 4.52 Å². The predicted octanol–water partition coefficient (Wildman–Crippen LogP) is 4.19. The van der Waals surface area contributed by atoms with E-state index < -0.39 is 5.91 Å². The van der Waals surface area contributed by atoms with Crippen molar-refractivity contribution in [3.63, 3.8) is 0 Å². The van der Waals surface area contributed by atoms with Gasteiger partial charge in [0.25, 0.3) is 11.8 Å². The zero-order chi connectivity index (χ0) is 22.3. The molecule has 0 unspecified atom stereocenters. The molecule has 8 heteroatoms. The summed E-state index contributed by atoms with van der Waals surface area (Å²) in [7, 11) is 0. The highest BCUT2D eigenvalue weighted by atomic mass is 32.1. The van der Waals surface area contributed by atoms with Gasteiger partial charge >= 0.3 is 0 Å². The molecule has 2 aromatic heterocycles. The highest BCUT2D eigenvalue weighted by molar-refractivity contribution is 7.10. The maximum absolute atomic E-state index is 12.8. The van der Waals surface area contributed by atoms with Crippen molar-refractivity contribution >= 4 is 29.2 Å². The highest BCUT2D eigenvalue weighted by Gasteiger charge is 2.16. The second-order valence-electron chi connectivity index (χ2n) is 6.95. The third-order valence-corrected chi connectivity index (χ3v) is 5.36. The third-order valence-electron chi connectivity index (χ3n) is 4.54. The minimum atomic E-state index is -0.460. The fraction of sp³-hybridized carbons (Fsp3) is 0.0833. The molecule has 0 bridgehead atoms. The summed E-state index contributed by atoms with van der Waals surface area (Å²) in [6, 6.07) is 20.2. The number of nitrogens with one attached hydrogen (secondary N) is 2. The molecule has 0 aliphatic carbocycles. The van der Waals surface area contributed by atoms with Crippen LogP contribution in [0.25, 0.3) is 17.5 Å². The first-order chi connectivity index (χ1) is 15.6. The van der Waals surface area contributed by atoms with E-state index in [1.54, 1.807) is 30.3 Å². The fourth-order valence-electron chi connectivity index (χ4n) is 2.86. The topological polar surface area (TPSA) is 97.1 Å². The van der Waals surface area contributed by atoms with E-state index in [1.165, 1.54) is 11.3 Å². The molecule has 7 nitrogen and oxygen atoms in total. The molecule has 32 heavy (non-hydrogen) atoms. The second-order valence-corrected chi connectivity index (χ2v) is 7.93. The van der Waals surface area contributed by atoms with E-state index in [0.29, 0.717) is 11.4 Å². The Labute approximate surface area is 188 Å². The van der Waals surface area contributed by atoms with E-state index in [0.717, 1.165) is 16.0 Å². The summed E-state index contributed by atoms with van der Waals surface area (Å²) in [5.74, 6) is -0.125. The van der Waals surface area contributed by atoms with Crippen molar-refractivity contribution in [3.8, 4) is 11.4 Å². The molecule has 0 atom stereocenters. The van der Waals surface area contributed by atoms with Crippen LogP contribution in [0.4, 0.5) is 0 Å². The third kappa shape index (κ3) is 5.35. The van der Waals surface area contributed by atoms with Crippen LogP contribution >= 0.6 is 11.3 Å². The first-order valence-corrected chi connectivity index (χ1v) is 10.8. The van der Waals surface area contributed by atoms with Gasteiger partial charge in [0.15, 0.2) is 0 Å². The smallest absolute Gasteiger partial charge is 0.268 e. The van der Waals surface area contributed by atoms with Gasteiger partial charge < -0.3 is 15.2 Å². The van der Waals surface area contributed by atoms with Crippen LogP contribution < -0.4 is 10.6 Å². The number of hydrogen-bond donors (Lipinski definition) is 2. The molecule has 0 saturated carbocycles. The maximum Gasteiger partial charge on any atom is 0.268 e. The zero-order valence-electron chi connectivity index (χ0n) is 17.2. The first kappa shape index (κ1) is 21.2. The van der Waals surface area contributed by atoms with Gasteiger partial charge in [-0.2, -0.15) is 4.98 Å². The van der Waals surface area contributed by atoms with Crippen LogP contribution in [-0.4, -0.2) is 22.0 Å². The summed E-state index contributed by atoms with van der Waals surface area (Å²) in [5.41, 5.74) is 2.54. The van der Waals surface area contributed by atoms with Crippen molar-refractivity contribution in [3.05, 3.63) is 99.7 Å². The standard InChI is InChI=1S/C24H20N4O3S/c1-16-9-11-17(12-10-16)22-27-21(31-28-22)15-25-24(30)20(14-19-8-5-13-32-19)26-23(29)18-6-3-2-4-7-18/h2-14H,15H2,1H3,(H,25,30)(H,26,29)/b20-14-. The van der Waals surface area contributed by atoms with Crippen LogP contribution in [0.1, 0.15) is 26.7 Å². The van der Waals surface area contributed by atoms with Crippen LogP contribution in [0, 0.1) is 6.92 Å². The van der Waals surface area contributed by atoms with Crippen molar-refractivity contribution in [1.82, 2.24) is 20.8 Å². The summed E-state index contributed by atoms with van der Waals surface area (Å²) in [6.45, 7) is 2.03. The number of aromatic nitrogens is 2. The molecule has 0 aliphatic rings. The zero-order valence-corrected chi connectivity index (χ0v) is 18.1. The molecule has 4 aromatic rings.